The van der Waals surface area contributed by atoms with Crippen LogP contribution in [0.5, 0.6) is 5.75 Å². The molecule has 6 nitrogen and oxygen atoms in total. The summed E-state index contributed by atoms with van der Waals surface area (Å²) in [6.07, 6.45) is 4.98. The van der Waals surface area contributed by atoms with Gasteiger partial charge in [-0.2, -0.15) is 0 Å². The lowest BCUT2D eigenvalue weighted by Crippen LogP contribution is -2.47. The molecule has 1 N–H and O–H groups in total. The molecule has 1 amide bonds. The first-order valence-corrected chi connectivity index (χ1v) is 10.1. The summed E-state index contributed by atoms with van der Waals surface area (Å²) in [4.78, 5) is 21.3. The summed E-state index contributed by atoms with van der Waals surface area (Å²) < 4.78 is 5.48. The molecule has 6 heteroatoms. The number of amides is 1. The van der Waals surface area contributed by atoms with Crippen molar-refractivity contribution in [1.82, 2.24) is 10.3 Å². The summed E-state index contributed by atoms with van der Waals surface area (Å²) in [5, 5.41) is 2.96. The van der Waals surface area contributed by atoms with Crippen molar-refractivity contribution in [2.75, 3.05) is 49.6 Å². The average Bonchev–Trinajstić information content (AvgIpc) is 2.77. The molecule has 150 valence electrons. The number of unbranched alkanes of at least 4 members (excludes halogenated alkanes) is 2. The molecule has 2 heterocycles. The lowest BCUT2D eigenvalue weighted by Gasteiger charge is -2.37. The number of nitrogens with one attached hydrogen (secondary N) is 1. The molecule has 0 aliphatic carbocycles. The predicted molar refractivity (Wildman–Crippen MR) is 114 cm³/mol. The van der Waals surface area contributed by atoms with E-state index >= 15 is 0 Å². The fourth-order valence-electron chi connectivity index (χ4n) is 3.45. The number of hydrogen-bond acceptors (Lipinski definition) is 5. The zero-order valence-electron chi connectivity index (χ0n) is 16.9. The normalized spacial score (nSPS) is 14.1. The highest BCUT2D eigenvalue weighted by Crippen LogP contribution is 2.28. The van der Waals surface area contributed by atoms with Crippen LogP contribution in [0, 0.1) is 0 Å². The summed E-state index contributed by atoms with van der Waals surface area (Å²) in [6, 6.07) is 11.9. The molecule has 1 aromatic heterocycles. The minimum atomic E-state index is -0.0452. The van der Waals surface area contributed by atoms with Crippen molar-refractivity contribution in [3.8, 4) is 5.75 Å². The predicted octanol–water partition coefficient (Wildman–Crippen LogP) is 3.34. The number of piperazine rings is 1. The number of carbonyl (C=O) groups is 1. The number of hydrogen-bond donors (Lipinski definition) is 1. The number of carbonyl (C=O) groups excluding carboxylic acids is 1. The molecule has 1 fully saturated rings. The van der Waals surface area contributed by atoms with Crippen molar-refractivity contribution in [1.29, 1.82) is 0 Å². The van der Waals surface area contributed by atoms with Gasteiger partial charge >= 0.3 is 0 Å². The minimum absolute atomic E-state index is 0.0452. The van der Waals surface area contributed by atoms with E-state index in [2.05, 4.69) is 33.1 Å². The molecule has 0 unspecified atom stereocenters. The van der Waals surface area contributed by atoms with Crippen LogP contribution in [0.25, 0.3) is 0 Å². The quantitative estimate of drug-likeness (QED) is 0.710. The zero-order valence-corrected chi connectivity index (χ0v) is 16.9. The van der Waals surface area contributed by atoms with E-state index in [4.69, 9.17) is 4.74 Å². The number of para-hydroxylation sites is 2. The molecule has 0 saturated carbocycles. The molecule has 1 saturated heterocycles. The van der Waals surface area contributed by atoms with Gasteiger partial charge in [0.1, 0.15) is 11.6 Å². The van der Waals surface area contributed by atoms with Crippen molar-refractivity contribution >= 4 is 17.4 Å². The van der Waals surface area contributed by atoms with Gasteiger partial charge in [0.05, 0.1) is 18.4 Å². The lowest BCUT2D eigenvalue weighted by atomic mass is 10.2. The molecule has 28 heavy (non-hydrogen) atoms. The second-order valence-corrected chi connectivity index (χ2v) is 7.01. The Morgan fingerprint density at radius 3 is 2.50 bits per heavy atom. The van der Waals surface area contributed by atoms with E-state index in [1.54, 1.807) is 13.3 Å². The van der Waals surface area contributed by atoms with Gasteiger partial charge in [0.15, 0.2) is 0 Å². The Balaban J connectivity index is 1.54. The maximum atomic E-state index is 12.2. The Kier molecular flexibility index (Phi) is 7.12. The molecule has 0 bridgehead atoms. The van der Waals surface area contributed by atoms with Crippen LogP contribution in [-0.2, 0) is 0 Å². The van der Waals surface area contributed by atoms with Gasteiger partial charge in [0.2, 0.25) is 0 Å². The molecular weight excluding hydrogens is 352 g/mol. The number of rotatable bonds is 8. The number of aromatic nitrogens is 1. The highest BCUT2D eigenvalue weighted by Gasteiger charge is 2.20. The fraction of sp³-hybridized carbons (Fsp3) is 0.455. The number of benzene rings is 1. The van der Waals surface area contributed by atoms with Crippen molar-refractivity contribution in [2.24, 2.45) is 0 Å². The summed E-state index contributed by atoms with van der Waals surface area (Å²) in [5.41, 5.74) is 1.75. The van der Waals surface area contributed by atoms with Gasteiger partial charge < -0.3 is 19.9 Å². The van der Waals surface area contributed by atoms with E-state index in [9.17, 15) is 4.79 Å². The van der Waals surface area contributed by atoms with Gasteiger partial charge in [-0.1, -0.05) is 31.9 Å². The van der Waals surface area contributed by atoms with Gasteiger partial charge in [0, 0.05) is 38.9 Å². The standard InChI is InChI=1S/C22H30N4O2/c1-3-4-7-12-23-22(27)18-10-11-21(24-17-18)26-15-13-25(14-16-26)19-8-5-6-9-20(19)28-2/h5-6,8-11,17H,3-4,7,12-16H2,1-2H3,(H,23,27). The third kappa shape index (κ3) is 4.94. The fourth-order valence-corrected chi connectivity index (χ4v) is 3.45. The van der Waals surface area contributed by atoms with Crippen LogP contribution in [-0.4, -0.2) is 50.7 Å². The van der Waals surface area contributed by atoms with Crippen LogP contribution in [0.15, 0.2) is 42.6 Å². The molecule has 1 aromatic carbocycles. The Labute approximate surface area is 167 Å². The first-order chi connectivity index (χ1) is 13.7. The molecular formula is C22H30N4O2. The molecule has 1 aliphatic rings. The molecule has 2 aromatic rings. The third-order valence-electron chi connectivity index (χ3n) is 5.11. The second kappa shape index (κ2) is 9.97. The SMILES string of the molecule is CCCCCNC(=O)c1ccc(N2CCN(c3ccccc3OC)CC2)nc1. The van der Waals surface area contributed by atoms with Crippen molar-refractivity contribution in [2.45, 2.75) is 26.2 Å². The maximum absolute atomic E-state index is 12.2. The van der Waals surface area contributed by atoms with E-state index in [1.807, 2.05) is 30.3 Å². The Morgan fingerprint density at radius 1 is 1.07 bits per heavy atom. The first-order valence-electron chi connectivity index (χ1n) is 10.1. The smallest absolute Gasteiger partial charge is 0.252 e. The topological polar surface area (TPSA) is 57.7 Å². The lowest BCUT2D eigenvalue weighted by molar-refractivity contribution is 0.0952. The first kappa shape index (κ1) is 20.0. The highest BCUT2D eigenvalue weighted by atomic mass is 16.5. The number of anilines is 2. The van der Waals surface area contributed by atoms with Gasteiger partial charge in [-0.3, -0.25) is 4.79 Å². The van der Waals surface area contributed by atoms with Gasteiger partial charge in [0.25, 0.3) is 5.91 Å². The number of ether oxygens (including phenoxy) is 1. The molecule has 0 atom stereocenters. The van der Waals surface area contributed by atoms with Crippen LogP contribution >= 0.6 is 0 Å². The van der Waals surface area contributed by atoms with E-state index < -0.39 is 0 Å². The third-order valence-corrected chi connectivity index (χ3v) is 5.11. The van der Waals surface area contributed by atoms with Crippen molar-refractivity contribution in [3.05, 3.63) is 48.2 Å². The number of pyridine rings is 1. The molecule has 0 spiro atoms. The summed E-state index contributed by atoms with van der Waals surface area (Å²) in [5.74, 6) is 1.78. The van der Waals surface area contributed by atoms with Crippen LogP contribution in [0.1, 0.15) is 36.5 Å². The van der Waals surface area contributed by atoms with Gasteiger partial charge in [-0.15, -0.1) is 0 Å². The average molecular weight is 383 g/mol. The second-order valence-electron chi connectivity index (χ2n) is 7.01. The molecule has 3 rings (SSSR count). The van der Waals surface area contributed by atoms with Gasteiger partial charge in [-0.05, 0) is 30.7 Å². The van der Waals surface area contributed by atoms with Crippen LogP contribution in [0.3, 0.4) is 0 Å². The monoisotopic (exact) mass is 382 g/mol. The van der Waals surface area contributed by atoms with E-state index in [0.717, 1.165) is 69.2 Å². The number of methoxy groups -OCH3 is 1. The van der Waals surface area contributed by atoms with E-state index in [-0.39, 0.29) is 5.91 Å². The van der Waals surface area contributed by atoms with E-state index in [1.165, 1.54) is 0 Å². The van der Waals surface area contributed by atoms with Crippen LogP contribution in [0.4, 0.5) is 11.5 Å². The largest absolute Gasteiger partial charge is 0.495 e. The minimum Gasteiger partial charge on any atom is -0.495 e. The Hall–Kier alpha value is -2.76. The highest BCUT2D eigenvalue weighted by molar-refractivity contribution is 5.94. The van der Waals surface area contributed by atoms with E-state index in [0.29, 0.717) is 5.56 Å². The number of nitrogens with zero attached hydrogens (tertiary/aromatic N) is 3. The molecule has 0 radical (unpaired) electrons. The maximum Gasteiger partial charge on any atom is 0.252 e. The van der Waals surface area contributed by atoms with Crippen LogP contribution in [0.2, 0.25) is 0 Å². The summed E-state index contributed by atoms with van der Waals surface area (Å²) >= 11 is 0. The molecule has 1 aliphatic heterocycles. The summed E-state index contributed by atoms with van der Waals surface area (Å²) in [7, 11) is 1.71. The zero-order chi connectivity index (χ0) is 19.8. The van der Waals surface area contributed by atoms with Crippen molar-refractivity contribution in [3.63, 3.8) is 0 Å². The van der Waals surface area contributed by atoms with Gasteiger partial charge in [-0.25, -0.2) is 4.98 Å². The Bertz CT molecular complexity index is 755. The van der Waals surface area contributed by atoms with Crippen molar-refractivity contribution < 1.29 is 9.53 Å². The summed E-state index contributed by atoms with van der Waals surface area (Å²) in [6.45, 7) is 6.45. The Morgan fingerprint density at radius 2 is 1.82 bits per heavy atom. The van der Waals surface area contributed by atoms with Crippen LogP contribution < -0.4 is 19.9 Å².